The third kappa shape index (κ3) is 11.6. The molecule has 0 saturated carbocycles. The fraction of sp³-hybridized carbons (Fsp3) is 0.183. The standard InChI is InChI=1S/C27H17NO.C18H25NSi.C15H17N.Ir/c1-2-8-18(9-3-1)21-14-15-22(24-16-19-10-4-5-11-20(19)17-28-24)27-26(21)23-12-6-7-13-25(23)29-27;1-14(2)11-16-12-17(15-9-7-6-8-10-15)19-13-18(16)20(3,4)5;1-12(2)10-13-8-9-16-15(11-13)14-6-4-3-5-7-14;/h1-17H;6-10,12-14H,11H2,1-5H3;3-9,11-12H,10H2,1-2H3;. The topological polar surface area (TPSA) is 51.8 Å². The minimum atomic E-state index is -1.33. The van der Waals surface area contributed by atoms with Crippen molar-refractivity contribution in [3.05, 3.63) is 206 Å². The van der Waals surface area contributed by atoms with E-state index in [1.54, 1.807) is 0 Å². The van der Waals surface area contributed by atoms with Gasteiger partial charge in [-0.3, -0.25) is 15.0 Å². The molecule has 0 bridgehead atoms. The normalized spacial score (nSPS) is 11.2. The Bertz CT molecular complexity index is 3140. The van der Waals surface area contributed by atoms with Crippen LogP contribution in [0.1, 0.15) is 38.8 Å². The Balaban J connectivity index is 0.000000154. The first-order chi connectivity index (χ1) is 31.5. The molecule has 1 radical (unpaired) electrons. The summed E-state index contributed by atoms with van der Waals surface area (Å²) in [5.74, 6) is 1.36. The number of nitrogens with zero attached hydrogens (tertiary/aromatic N) is 3. The average molecular weight is 1060 g/mol. The molecule has 0 spiro atoms. The molecule has 4 aromatic heterocycles. The van der Waals surface area contributed by atoms with Crippen molar-refractivity contribution in [3.8, 4) is 44.9 Å². The van der Waals surface area contributed by atoms with Crippen molar-refractivity contribution in [1.29, 1.82) is 0 Å². The van der Waals surface area contributed by atoms with Gasteiger partial charge < -0.3 is 4.42 Å². The molecule has 6 aromatic carbocycles. The van der Waals surface area contributed by atoms with E-state index in [0.717, 1.165) is 62.8 Å². The smallest absolute Gasteiger partial charge is 0.145 e. The number of fused-ring (bicyclic) bond motifs is 4. The minimum absolute atomic E-state index is 0. The Labute approximate surface area is 405 Å². The van der Waals surface area contributed by atoms with Crippen LogP contribution in [0.2, 0.25) is 19.6 Å². The number of pyridine rings is 3. The quantitative estimate of drug-likeness (QED) is 0.135. The van der Waals surface area contributed by atoms with Crippen LogP contribution in [0.15, 0.2) is 199 Å². The van der Waals surface area contributed by atoms with Crippen LogP contribution in [0.25, 0.3) is 77.6 Å². The third-order valence-electron chi connectivity index (χ3n) is 11.6. The molecule has 0 saturated heterocycles. The van der Waals surface area contributed by atoms with E-state index in [9.17, 15) is 0 Å². The number of furan rings is 1. The monoisotopic (exact) mass is 1060 g/mol. The molecule has 4 heterocycles. The predicted molar refractivity (Wildman–Crippen MR) is 279 cm³/mol. The molecule has 0 aliphatic heterocycles. The molecule has 0 atom stereocenters. The zero-order valence-electron chi connectivity index (χ0n) is 39.1. The summed E-state index contributed by atoms with van der Waals surface area (Å²) in [6.45, 7) is 16.3. The molecule has 6 heteroatoms. The maximum atomic E-state index is 6.37. The van der Waals surface area contributed by atoms with Gasteiger partial charge in [0.05, 0.1) is 25.2 Å². The van der Waals surface area contributed by atoms with Gasteiger partial charge >= 0.3 is 0 Å². The summed E-state index contributed by atoms with van der Waals surface area (Å²) in [4.78, 5) is 13.9. The van der Waals surface area contributed by atoms with E-state index in [0.29, 0.717) is 11.8 Å². The van der Waals surface area contributed by atoms with Gasteiger partial charge in [-0.15, -0.1) is 0 Å². The molecule has 0 fully saturated rings. The van der Waals surface area contributed by atoms with Crippen molar-refractivity contribution in [2.45, 2.75) is 60.2 Å². The van der Waals surface area contributed by atoms with Gasteiger partial charge in [-0.1, -0.05) is 187 Å². The van der Waals surface area contributed by atoms with E-state index >= 15 is 0 Å². The van der Waals surface area contributed by atoms with E-state index in [2.05, 4.69) is 192 Å². The number of benzene rings is 6. The van der Waals surface area contributed by atoms with Crippen LogP contribution in [-0.4, -0.2) is 23.0 Å². The molecule has 333 valence electrons. The second kappa shape index (κ2) is 21.8. The molecule has 10 rings (SSSR count). The summed E-state index contributed by atoms with van der Waals surface area (Å²) in [6.07, 6.45) is 8.22. The van der Waals surface area contributed by atoms with Gasteiger partial charge in [0, 0.05) is 71.5 Å². The van der Waals surface area contributed by atoms with E-state index in [1.165, 1.54) is 44.0 Å². The van der Waals surface area contributed by atoms with Crippen molar-refractivity contribution < 1.29 is 24.5 Å². The van der Waals surface area contributed by atoms with Gasteiger partial charge in [0.2, 0.25) is 0 Å². The second-order valence-corrected chi connectivity index (χ2v) is 23.7. The van der Waals surface area contributed by atoms with Crippen LogP contribution in [-0.2, 0) is 32.9 Å². The van der Waals surface area contributed by atoms with Gasteiger partial charge in [-0.25, -0.2) is 0 Å². The van der Waals surface area contributed by atoms with E-state index in [-0.39, 0.29) is 20.1 Å². The SMILES string of the molecule is CC(C)Cc1cc(-c2ccccc2)ncc1[Si](C)(C)C.CC(C)Cc1ccnc(-c2ccccc2)c1.[Ir].c1ccc(-c2ccc(-c3cc4ccccc4cn3)c3oc4ccccc4c23)cc1. The molecule has 10 aromatic rings. The van der Waals surface area contributed by atoms with Crippen molar-refractivity contribution in [1.82, 2.24) is 15.0 Å². The third-order valence-corrected chi connectivity index (χ3v) is 13.6. The van der Waals surface area contributed by atoms with Gasteiger partial charge in [-0.05, 0) is 93.9 Å². The molecule has 4 nitrogen and oxygen atoms in total. The first-order valence-electron chi connectivity index (χ1n) is 22.9. The first-order valence-corrected chi connectivity index (χ1v) is 26.4. The molecule has 66 heavy (non-hydrogen) atoms. The van der Waals surface area contributed by atoms with Crippen molar-refractivity contribution in [3.63, 3.8) is 0 Å². The van der Waals surface area contributed by atoms with Crippen LogP contribution in [0.3, 0.4) is 0 Å². The van der Waals surface area contributed by atoms with E-state index in [4.69, 9.17) is 14.4 Å². The molecular formula is C60H59IrN3OSi. The maximum absolute atomic E-state index is 6.37. The van der Waals surface area contributed by atoms with Crippen LogP contribution in [0.4, 0.5) is 0 Å². The largest absolute Gasteiger partial charge is 0.455 e. The van der Waals surface area contributed by atoms with Crippen LogP contribution in [0, 0.1) is 11.8 Å². The summed E-state index contributed by atoms with van der Waals surface area (Å²) in [5.41, 5.74) is 13.5. The Morgan fingerprint density at radius 1 is 0.485 bits per heavy atom. The second-order valence-electron chi connectivity index (χ2n) is 18.7. The molecule has 0 amide bonds. The minimum Gasteiger partial charge on any atom is -0.455 e. The molecule has 0 aliphatic carbocycles. The molecular weight excluding hydrogens is 999 g/mol. The number of aromatic nitrogens is 3. The van der Waals surface area contributed by atoms with Crippen LogP contribution < -0.4 is 5.19 Å². The van der Waals surface area contributed by atoms with Crippen molar-refractivity contribution in [2.24, 2.45) is 11.8 Å². The average Bonchev–Trinajstić information content (AvgIpc) is 3.72. The molecule has 0 N–H and O–H groups in total. The number of hydrogen-bond acceptors (Lipinski definition) is 4. The Morgan fingerprint density at radius 3 is 1.67 bits per heavy atom. The number of hydrogen-bond donors (Lipinski definition) is 0. The Hall–Kier alpha value is -6.30. The summed E-state index contributed by atoms with van der Waals surface area (Å²) < 4.78 is 6.37. The molecule has 0 aliphatic rings. The Kier molecular flexibility index (Phi) is 15.7. The Morgan fingerprint density at radius 2 is 1.03 bits per heavy atom. The van der Waals surface area contributed by atoms with E-state index in [1.807, 2.05) is 54.9 Å². The van der Waals surface area contributed by atoms with Gasteiger partial charge in [0.25, 0.3) is 0 Å². The number of rotatable bonds is 9. The predicted octanol–water partition coefficient (Wildman–Crippen LogP) is 15.9. The van der Waals surface area contributed by atoms with Gasteiger partial charge in [0.15, 0.2) is 0 Å². The summed E-state index contributed by atoms with van der Waals surface area (Å²) in [5, 5.41) is 6.08. The summed E-state index contributed by atoms with van der Waals surface area (Å²) in [6, 6.07) is 60.9. The first kappa shape index (κ1) is 47.7. The molecule has 0 unspecified atom stereocenters. The number of para-hydroxylation sites is 1. The van der Waals surface area contributed by atoms with Gasteiger partial charge in [-0.2, -0.15) is 0 Å². The van der Waals surface area contributed by atoms with Crippen LogP contribution >= 0.6 is 0 Å². The maximum Gasteiger partial charge on any atom is 0.145 e. The fourth-order valence-corrected chi connectivity index (χ4v) is 10.1. The summed E-state index contributed by atoms with van der Waals surface area (Å²) in [7, 11) is -1.33. The van der Waals surface area contributed by atoms with Crippen LogP contribution in [0.5, 0.6) is 0 Å². The van der Waals surface area contributed by atoms with Crippen molar-refractivity contribution >= 4 is 46.0 Å². The van der Waals surface area contributed by atoms with Crippen molar-refractivity contribution in [2.75, 3.05) is 0 Å². The van der Waals surface area contributed by atoms with Gasteiger partial charge in [0.1, 0.15) is 11.2 Å². The summed E-state index contributed by atoms with van der Waals surface area (Å²) >= 11 is 0. The zero-order chi connectivity index (χ0) is 45.3. The fourth-order valence-electron chi connectivity index (χ4n) is 8.51. The van der Waals surface area contributed by atoms with E-state index < -0.39 is 8.07 Å². The zero-order valence-corrected chi connectivity index (χ0v) is 42.5.